The van der Waals surface area contributed by atoms with Crippen molar-refractivity contribution < 1.29 is 4.74 Å². The van der Waals surface area contributed by atoms with Gasteiger partial charge in [0.05, 0.1) is 11.6 Å². The number of nitrogens with zero attached hydrogens (tertiary/aromatic N) is 3. The standard InChI is InChI=1S/C18H14N4O/c19-11-14-8-9-20-17(10-14)21-12-15-6-7-18(22-13-15)23-16-4-2-1-3-5-16/h1-10,13H,12H2,(H,20,21). The average Bonchev–Trinajstić information content (AvgIpc) is 2.62. The lowest BCUT2D eigenvalue weighted by Crippen LogP contribution is -2.02. The fourth-order valence-corrected chi connectivity index (χ4v) is 1.97. The van der Waals surface area contributed by atoms with E-state index >= 15 is 0 Å². The Morgan fingerprint density at radius 1 is 1.04 bits per heavy atom. The number of hydrogen-bond acceptors (Lipinski definition) is 5. The van der Waals surface area contributed by atoms with Gasteiger partial charge in [-0.05, 0) is 29.8 Å². The van der Waals surface area contributed by atoms with Crippen LogP contribution in [-0.4, -0.2) is 9.97 Å². The van der Waals surface area contributed by atoms with Gasteiger partial charge < -0.3 is 10.1 Å². The Balaban J connectivity index is 1.60. The first kappa shape index (κ1) is 14.5. The quantitative estimate of drug-likeness (QED) is 0.777. The molecule has 0 unspecified atom stereocenters. The molecule has 3 aromatic rings. The second-order valence-corrected chi connectivity index (χ2v) is 4.81. The van der Waals surface area contributed by atoms with Crippen LogP contribution >= 0.6 is 0 Å². The second-order valence-electron chi connectivity index (χ2n) is 4.81. The van der Waals surface area contributed by atoms with E-state index in [4.69, 9.17) is 10.00 Å². The third-order valence-electron chi connectivity index (χ3n) is 3.13. The van der Waals surface area contributed by atoms with E-state index in [1.165, 1.54) is 0 Å². The van der Waals surface area contributed by atoms with Crippen LogP contribution in [0.4, 0.5) is 5.82 Å². The van der Waals surface area contributed by atoms with Gasteiger partial charge in [0.1, 0.15) is 11.6 Å². The predicted molar refractivity (Wildman–Crippen MR) is 87.0 cm³/mol. The number of rotatable bonds is 5. The highest BCUT2D eigenvalue weighted by Crippen LogP contribution is 2.18. The molecule has 0 bridgehead atoms. The number of anilines is 1. The van der Waals surface area contributed by atoms with Crippen LogP contribution in [0.1, 0.15) is 11.1 Å². The molecule has 2 aromatic heterocycles. The summed E-state index contributed by atoms with van der Waals surface area (Å²) in [6.45, 7) is 0.570. The molecule has 112 valence electrons. The molecule has 0 radical (unpaired) electrons. The van der Waals surface area contributed by atoms with E-state index in [-0.39, 0.29) is 0 Å². The number of ether oxygens (including phenoxy) is 1. The molecule has 3 rings (SSSR count). The second kappa shape index (κ2) is 7.05. The lowest BCUT2D eigenvalue weighted by atomic mass is 10.2. The fourth-order valence-electron chi connectivity index (χ4n) is 1.97. The van der Waals surface area contributed by atoms with Crippen LogP contribution in [0.25, 0.3) is 0 Å². The minimum absolute atomic E-state index is 0.546. The number of para-hydroxylation sites is 1. The number of aromatic nitrogens is 2. The minimum atomic E-state index is 0.546. The highest BCUT2D eigenvalue weighted by Gasteiger charge is 2.00. The van der Waals surface area contributed by atoms with Gasteiger partial charge in [-0.15, -0.1) is 0 Å². The topological polar surface area (TPSA) is 70.8 Å². The van der Waals surface area contributed by atoms with Crippen LogP contribution in [0.5, 0.6) is 11.6 Å². The summed E-state index contributed by atoms with van der Waals surface area (Å²) in [6.07, 6.45) is 3.36. The molecule has 5 nitrogen and oxygen atoms in total. The average molecular weight is 302 g/mol. The first-order valence-corrected chi connectivity index (χ1v) is 7.11. The monoisotopic (exact) mass is 302 g/mol. The van der Waals surface area contributed by atoms with Crippen LogP contribution in [0, 0.1) is 11.3 Å². The first-order chi connectivity index (χ1) is 11.3. The Morgan fingerprint density at radius 3 is 2.65 bits per heavy atom. The molecule has 0 spiro atoms. The van der Waals surface area contributed by atoms with Crippen molar-refractivity contribution in [2.24, 2.45) is 0 Å². The summed E-state index contributed by atoms with van der Waals surface area (Å²) in [7, 11) is 0. The van der Waals surface area contributed by atoms with Gasteiger partial charge in [0.25, 0.3) is 0 Å². The smallest absolute Gasteiger partial charge is 0.219 e. The third kappa shape index (κ3) is 4.05. The lowest BCUT2D eigenvalue weighted by Gasteiger charge is -2.07. The van der Waals surface area contributed by atoms with Crippen molar-refractivity contribution in [1.29, 1.82) is 5.26 Å². The largest absolute Gasteiger partial charge is 0.439 e. The van der Waals surface area contributed by atoms with Gasteiger partial charge in [-0.2, -0.15) is 5.26 Å². The lowest BCUT2D eigenvalue weighted by molar-refractivity contribution is 0.462. The van der Waals surface area contributed by atoms with Crippen LogP contribution in [0.2, 0.25) is 0 Å². The maximum Gasteiger partial charge on any atom is 0.219 e. The van der Waals surface area contributed by atoms with E-state index < -0.39 is 0 Å². The van der Waals surface area contributed by atoms with E-state index in [2.05, 4.69) is 21.4 Å². The van der Waals surface area contributed by atoms with E-state index in [0.29, 0.717) is 23.8 Å². The molecule has 0 amide bonds. The van der Waals surface area contributed by atoms with E-state index in [0.717, 1.165) is 11.3 Å². The van der Waals surface area contributed by atoms with Gasteiger partial charge in [0.15, 0.2) is 0 Å². The van der Waals surface area contributed by atoms with Gasteiger partial charge >= 0.3 is 0 Å². The van der Waals surface area contributed by atoms with Crippen LogP contribution in [0.15, 0.2) is 67.0 Å². The SMILES string of the molecule is N#Cc1ccnc(NCc2ccc(Oc3ccccc3)nc2)c1. The molecule has 23 heavy (non-hydrogen) atoms. The first-order valence-electron chi connectivity index (χ1n) is 7.11. The molecule has 0 aliphatic carbocycles. The molecule has 0 atom stereocenters. The molecular formula is C18H14N4O. The summed E-state index contributed by atoms with van der Waals surface area (Å²) in [5.74, 6) is 1.96. The Hall–Kier alpha value is -3.39. The van der Waals surface area contributed by atoms with Crippen molar-refractivity contribution in [1.82, 2.24) is 9.97 Å². The number of pyridine rings is 2. The van der Waals surface area contributed by atoms with Crippen molar-refractivity contribution in [2.45, 2.75) is 6.54 Å². The summed E-state index contributed by atoms with van der Waals surface area (Å²) in [5.41, 5.74) is 1.57. The Bertz CT molecular complexity index is 810. The highest BCUT2D eigenvalue weighted by atomic mass is 16.5. The highest BCUT2D eigenvalue weighted by molar-refractivity contribution is 5.42. The number of nitrogens with one attached hydrogen (secondary N) is 1. The minimum Gasteiger partial charge on any atom is -0.439 e. The summed E-state index contributed by atoms with van der Waals surface area (Å²) < 4.78 is 5.65. The number of benzene rings is 1. The van der Waals surface area contributed by atoms with Crippen LogP contribution < -0.4 is 10.1 Å². The molecule has 0 fully saturated rings. The summed E-state index contributed by atoms with van der Waals surface area (Å²) in [6, 6.07) is 18.7. The Kier molecular flexibility index (Phi) is 4.46. The third-order valence-corrected chi connectivity index (χ3v) is 3.13. The molecule has 0 aliphatic heterocycles. The van der Waals surface area contributed by atoms with E-state index in [9.17, 15) is 0 Å². The zero-order chi connectivity index (χ0) is 15.9. The molecule has 0 saturated heterocycles. The van der Waals surface area contributed by atoms with Gasteiger partial charge in [-0.25, -0.2) is 9.97 Å². The summed E-state index contributed by atoms with van der Waals surface area (Å²) in [5, 5.41) is 12.0. The van der Waals surface area contributed by atoms with E-state index in [1.54, 1.807) is 24.5 Å². The molecule has 0 aliphatic rings. The van der Waals surface area contributed by atoms with Crippen molar-refractivity contribution in [3.8, 4) is 17.7 Å². The Labute approximate surface area is 134 Å². The van der Waals surface area contributed by atoms with Crippen molar-refractivity contribution >= 4 is 5.82 Å². The predicted octanol–water partition coefficient (Wildman–Crippen LogP) is 3.75. The van der Waals surface area contributed by atoms with Gasteiger partial charge in [-0.1, -0.05) is 24.3 Å². The van der Waals surface area contributed by atoms with Crippen molar-refractivity contribution in [3.05, 3.63) is 78.1 Å². The maximum atomic E-state index is 8.87. The Morgan fingerprint density at radius 2 is 1.91 bits per heavy atom. The molecule has 1 aromatic carbocycles. The maximum absolute atomic E-state index is 8.87. The van der Waals surface area contributed by atoms with Crippen molar-refractivity contribution in [2.75, 3.05) is 5.32 Å². The number of hydrogen-bond donors (Lipinski definition) is 1. The van der Waals surface area contributed by atoms with Gasteiger partial charge in [0, 0.05) is 25.0 Å². The molecule has 5 heteroatoms. The molecule has 2 heterocycles. The molecule has 0 saturated carbocycles. The summed E-state index contributed by atoms with van der Waals surface area (Å²) >= 11 is 0. The van der Waals surface area contributed by atoms with Gasteiger partial charge in [-0.3, -0.25) is 0 Å². The zero-order valence-electron chi connectivity index (χ0n) is 12.3. The zero-order valence-corrected chi connectivity index (χ0v) is 12.3. The fraction of sp³-hybridized carbons (Fsp3) is 0.0556. The van der Waals surface area contributed by atoms with E-state index in [1.807, 2.05) is 42.5 Å². The number of nitriles is 1. The summed E-state index contributed by atoms with van der Waals surface area (Å²) in [4.78, 5) is 8.45. The molecular weight excluding hydrogens is 288 g/mol. The normalized spacial score (nSPS) is 9.87. The van der Waals surface area contributed by atoms with Crippen LogP contribution in [0.3, 0.4) is 0 Å². The van der Waals surface area contributed by atoms with Gasteiger partial charge in [0.2, 0.25) is 5.88 Å². The molecule has 1 N–H and O–H groups in total. The van der Waals surface area contributed by atoms with Crippen molar-refractivity contribution in [3.63, 3.8) is 0 Å². The van der Waals surface area contributed by atoms with Crippen LogP contribution in [-0.2, 0) is 6.54 Å².